The fourth-order valence-electron chi connectivity index (χ4n) is 6.83. The maximum absolute atomic E-state index is 13.8. The molecule has 7 nitrogen and oxygen atoms in total. The largest absolute Gasteiger partial charge is 0.493 e. The van der Waals surface area contributed by atoms with Gasteiger partial charge in [-0.2, -0.15) is 13.2 Å². The van der Waals surface area contributed by atoms with Gasteiger partial charge in [0.15, 0.2) is 11.5 Å². The zero-order chi connectivity index (χ0) is 28.5. The molecule has 1 saturated carbocycles. The molecule has 2 amide bonds. The quantitative estimate of drug-likeness (QED) is 0.438. The number of carbonyl (C=O) groups excluding carboxylic acids is 1. The van der Waals surface area contributed by atoms with Gasteiger partial charge in [0.25, 0.3) is 0 Å². The average Bonchev–Trinajstić information content (AvgIpc) is 3.32. The van der Waals surface area contributed by atoms with Crippen LogP contribution in [0.1, 0.15) is 49.7 Å². The van der Waals surface area contributed by atoms with E-state index in [1.807, 2.05) is 6.07 Å². The second-order valence-corrected chi connectivity index (χ2v) is 10.9. The molecule has 2 saturated heterocycles. The highest BCUT2D eigenvalue weighted by Crippen LogP contribution is 2.51. The lowest BCUT2D eigenvalue weighted by molar-refractivity contribution is -0.137. The summed E-state index contributed by atoms with van der Waals surface area (Å²) >= 11 is 0. The van der Waals surface area contributed by atoms with Crippen molar-refractivity contribution in [2.24, 2.45) is 0 Å². The molecular formula is C29H35F4N3O4. The molecule has 0 bridgehead atoms. The topological polar surface area (TPSA) is 72.1 Å². The van der Waals surface area contributed by atoms with Crippen molar-refractivity contribution in [3.8, 4) is 11.5 Å². The second kappa shape index (κ2) is 11.4. The Hall–Kier alpha value is -3.05. The highest BCUT2D eigenvalue weighted by atomic mass is 19.4. The molecule has 0 radical (unpaired) electrons. The van der Waals surface area contributed by atoms with Gasteiger partial charge >= 0.3 is 12.2 Å². The number of urea groups is 1. The number of anilines is 1. The third-order valence-electron chi connectivity index (χ3n) is 8.74. The first-order valence-electron chi connectivity index (χ1n) is 13.6. The molecule has 0 unspecified atom stereocenters. The third kappa shape index (κ3) is 5.72. The average molecular weight is 566 g/mol. The van der Waals surface area contributed by atoms with Crippen LogP contribution in [0.15, 0.2) is 36.4 Å². The number of halogens is 4. The Morgan fingerprint density at radius 2 is 1.77 bits per heavy atom. The van der Waals surface area contributed by atoms with Crippen LogP contribution in [0.2, 0.25) is 0 Å². The highest BCUT2D eigenvalue weighted by Gasteiger charge is 2.53. The van der Waals surface area contributed by atoms with E-state index < -0.39 is 23.6 Å². The summed E-state index contributed by atoms with van der Waals surface area (Å²) in [7, 11) is 3.23. The van der Waals surface area contributed by atoms with Crippen LogP contribution in [0.25, 0.3) is 0 Å². The minimum absolute atomic E-state index is 0.138. The first-order chi connectivity index (χ1) is 19.1. The summed E-state index contributed by atoms with van der Waals surface area (Å²) in [5, 5.41) is 5.34. The van der Waals surface area contributed by atoms with E-state index in [4.69, 9.17) is 14.2 Å². The Morgan fingerprint density at radius 3 is 2.48 bits per heavy atom. The van der Waals surface area contributed by atoms with Gasteiger partial charge in [0.2, 0.25) is 0 Å². The second-order valence-electron chi connectivity index (χ2n) is 10.9. The van der Waals surface area contributed by atoms with E-state index in [0.717, 1.165) is 57.6 Å². The summed E-state index contributed by atoms with van der Waals surface area (Å²) in [5.74, 6) is 0.266. The molecule has 3 aliphatic rings. The molecule has 0 aromatic heterocycles. The summed E-state index contributed by atoms with van der Waals surface area (Å²) in [5.41, 5.74) is -0.369. The number of benzene rings is 2. The van der Waals surface area contributed by atoms with Gasteiger partial charge in [-0.3, -0.25) is 4.90 Å². The van der Waals surface area contributed by atoms with Gasteiger partial charge in [-0.05, 0) is 81.0 Å². The molecule has 11 heteroatoms. The number of methoxy groups -OCH3 is 2. The van der Waals surface area contributed by atoms with Crippen LogP contribution in [0.3, 0.4) is 0 Å². The SMILES string of the molecule is COc1ccc([C@@]23CC[C@@H](NC(=O)Nc4cc(F)cc(C(F)(F)F)c4)C[C@@H]2N(C2CCOCC2)CC3)cc1OC. The van der Waals surface area contributed by atoms with Crippen LogP contribution in [0.4, 0.5) is 28.0 Å². The Bertz CT molecular complexity index is 1220. The first kappa shape index (κ1) is 28.5. The highest BCUT2D eigenvalue weighted by molar-refractivity contribution is 5.89. The van der Waals surface area contributed by atoms with Crippen LogP contribution in [0, 0.1) is 5.82 Å². The van der Waals surface area contributed by atoms with Crippen molar-refractivity contribution in [2.75, 3.05) is 39.3 Å². The minimum Gasteiger partial charge on any atom is -0.493 e. The summed E-state index contributed by atoms with van der Waals surface area (Å²) in [6.45, 7) is 2.36. The molecule has 3 atom stereocenters. The Morgan fingerprint density at radius 1 is 1.02 bits per heavy atom. The summed E-state index contributed by atoms with van der Waals surface area (Å²) in [4.78, 5) is 15.4. The number of carbonyl (C=O) groups is 1. The Balaban J connectivity index is 1.36. The van der Waals surface area contributed by atoms with Crippen molar-refractivity contribution in [3.05, 3.63) is 53.3 Å². The molecule has 218 valence electrons. The van der Waals surface area contributed by atoms with Gasteiger partial charge in [0.05, 0.1) is 19.8 Å². The van der Waals surface area contributed by atoms with Gasteiger partial charge in [-0.1, -0.05) is 6.07 Å². The molecule has 2 aromatic rings. The predicted octanol–water partition coefficient (Wildman–Crippen LogP) is 5.73. The fourth-order valence-corrected chi connectivity index (χ4v) is 6.83. The van der Waals surface area contributed by atoms with E-state index in [1.165, 1.54) is 5.56 Å². The summed E-state index contributed by atoms with van der Waals surface area (Å²) < 4.78 is 69.9. The zero-order valence-electron chi connectivity index (χ0n) is 22.7. The molecule has 5 rings (SSSR count). The Labute approximate surface area is 231 Å². The van der Waals surface area contributed by atoms with E-state index in [1.54, 1.807) is 14.2 Å². The number of nitrogens with zero attached hydrogens (tertiary/aromatic N) is 1. The zero-order valence-corrected chi connectivity index (χ0v) is 22.7. The number of hydrogen-bond donors (Lipinski definition) is 2. The molecular weight excluding hydrogens is 530 g/mol. The van der Waals surface area contributed by atoms with Crippen molar-refractivity contribution < 1.29 is 36.6 Å². The lowest BCUT2D eigenvalue weighted by atomic mass is 9.65. The molecule has 2 aliphatic heterocycles. The summed E-state index contributed by atoms with van der Waals surface area (Å²) in [6.07, 6.45) is 0.314. The van der Waals surface area contributed by atoms with Gasteiger partial charge < -0.3 is 24.8 Å². The van der Waals surface area contributed by atoms with Gasteiger partial charge in [-0.15, -0.1) is 0 Å². The smallest absolute Gasteiger partial charge is 0.416 e. The van der Waals surface area contributed by atoms with Crippen molar-refractivity contribution in [2.45, 2.75) is 68.2 Å². The number of alkyl halides is 3. The molecule has 0 spiro atoms. The number of ether oxygens (including phenoxy) is 3. The van der Waals surface area contributed by atoms with E-state index in [2.05, 4.69) is 27.7 Å². The lowest BCUT2D eigenvalue weighted by Gasteiger charge is -2.47. The number of hydrogen-bond acceptors (Lipinski definition) is 5. The van der Waals surface area contributed by atoms with Crippen LogP contribution >= 0.6 is 0 Å². The van der Waals surface area contributed by atoms with Crippen LogP contribution in [-0.2, 0) is 16.3 Å². The van der Waals surface area contributed by atoms with E-state index in [0.29, 0.717) is 36.4 Å². The number of rotatable bonds is 6. The van der Waals surface area contributed by atoms with Crippen LogP contribution < -0.4 is 20.1 Å². The van der Waals surface area contributed by atoms with Gasteiger partial charge in [-0.25, -0.2) is 9.18 Å². The van der Waals surface area contributed by atoms with Crippen molar-refractivity contribution in [3.63, 3.8) is 0 Å². The Kier molecular flexibility index (Phi) is 8.15. The first-order valence-corrected chi connectivity index (χ1v) is 13.6. The standard InChI is InChI=1S/C29H35F4N3O4/c1-38-24-4-3-18(15-25(24)39-2)28-8-5-21(17-26(28)36(10-9-28)23-6-11-40-12-7-23)34-27(37)35-22-14-19(29(31,32)33)13-20(30)16-22/h3-4,13-16,21,23,26H,5-12,17H2,1-2H3,(H2,34,35,37)/t21-,26+,28+/m1/s1. The molecule has 2 aromatic carbocycles. The molecule has 40 heavy (non-hydrogen) atoms. The fraction of sp³-hybridized carbons (Fsp3) is 0.552. The molecule has 1 aliphatic carbocycles. The minimum atomic E-state index is -4.72. The number of amides is 2. The van der Waals surface area contributed by atoms with Gasteiger partial charge in [0.1, 0.15) is 5.82 Å². The normalized spacial score (nSPS) is 25.8. The molecule has 3 fully saturated rings. The molecule has 2 heterocycles. The predicted molar refractivity (Wildman–Crippen MR) is 141 cm³/mol. The van der Waals surface area contributed by atoms with Crippen LogP contribution in [-0.4, -0.2) is 63.0 Å². The number of nitrogens with one attached hydrogen (secondary N) is 2. The monoisotopic (exact) mass is 565 g/mol. The van der Waals surface area contributed by atoms with E-state index in [9.17, 15) is 22.4 Å². The van der Waals surface area contributed by atoms with E-state index in [-0.39, 0.29) is 23.2 Å². The molecule has 2 N–H and O–H groups in total. The van der Waals surface area contributed by atoms with E-state index >= 15 is 0 Å². The maximum Gasteiger partial charge on any atom is 0.416 e. The van der Waals surface area contributed by atoms with Crippen LogP contribution in [0.5, 0.6) is 11.5 Å². The lowest BCUT2D eigenvalue weighted by Crippen LogP contribution is -2.55. The maximum atomic E-state index is 13.8. The van der Waals surface area contributed by atoms with Crippen molar-refractivity contribution >= 4 is 11.7 Å². The summed E-state index contributed by atoms with van der Waals surface area (Å²) in [6, 6.07) is 7.77. The van der Waals surface area contributed by atoms with Gasteiger partial charge in [0, 0.05) is 42.4 Å². The third-order valence-corrected chi connectivity index (χ3v) is 8.74. The van der Waals surface area contributed by atoms with Crippen molar-refractivity contribution in [1.29, 1.82) is 0 Å². The van der Waals surface area contributed by atoms with Crippen molar-refractivity contribution in [1.82, 2.24) is 10.2 Å². The number of likely N-dealkylation sites (tertiary alicyclic amines) is 1. The number of fused-ring (bicyclic) bond motifs is 1.